The lowest BCUT2D eigenvalue weighted by atomic mass is 10.0. The molecule has 2 nitrogen and oxygen atoms in total. The van der Waals surface area contributed by atoms with Crippen LogP contribution >= 0.6 is 0 Å². The van der Waals surface area contributed by atoms with Gasteiger partial charge in [-0.25, -0.2) is 0 Å². The number of rotatable bonds is 10. The lowest BCUT2D eigenvalue weighted by molar-refractivity contribution is 0.294. The van der Waals surface area contributed by atoms with Crippen LogP contribution in [0.2, 0.25) is 0 Å². The third kappa shape index (κ3) is 6.36. The van der Waals surface area contributed by atoms with Gasteiger partial charge < -0.3 is 5.32 Å². The molecule has 0 bridgehead atoms. The normalized spacial score (nSPS) is 11.2. The molecule has 0 amide bonds. The van der Waals surface area contributed by atoms with Crippen LogP contribution in [0.3, 0.4) is 0 Å². The van der Waals surface area contributed by atoms with E-state index in [0.29, 0.717) is 6.04 Å². The Morgan fingerprint density at radius 1 is 1.25 bits per heavy atom. The third-order valence-electron chi connectivity index (χ3n) is 3.39. The SMILES string of the molecule is C=CCN(CCC)Cc1ccccc1CCNC(C)C. The van der Waals surface area contributed by atoms with E-state index in [1.807, 2.05) is 6.08 Å². The standard InChI is InChI=1S/C18H30N2/c1-5-13-20(14-6-2)15-18-10-8-7-9-17(18)11-12-19-16(3)4/h5,7-10,16,19H,1,6,11-15H2,2-4H3. The maximum Gasteiger partial charge on any atom is 0.0239 e. The lowest BCUT2D eigenvalue weighted by Gasteiger charge is -2.22. The predicted molar refractivity (Wildman–Crippen MR) is 89.0 cm³/mol. The molecule has 0 saturated heterocycles. The summed E-state index contributed by atoms with van der Waals surface area (Å²) < 4.78 is 0. The van der Waals surface area contributed by atoms with Crippen LogP contribution in [0.4, 0.5) is 0 Å². The van der Waals surface area contributed by atoms with E-state index in [0.717, 1.165) is 32.6 Å². The van der Waals surface area contributed by atoms with Crippen molar-refractivity contribution in [1.82, 2.24) is 10.2 Å². The van der Waals surface area contributed by atoms with Crippen LogP contribution in [-0.4, -0.2) is 30.6 Å². The zero-order chi connectivity index (χ0) is 14.8. The van der Waals surface area contributed by atoms with Crippen LogP contribution in [0.5, 0.6) is 0 Å². The van der Waals surface area contributed by atoms with Crippen LogP contribution in [-0.2, 0) is 13.0 Å². The van der Waals surface area contributed by atoms with Gasteiger partial charge in [0.1, 0.15) is 0 Å². The van der Waals surface area contributed by atoms with Crippen molar-refractivity contribution in [3.63, 3.8) is 0 Å². The summed E-state index contributed by atoms with van der Waals surface area (Å²) in [6.07, 6.45) is 4.28. The molecular formula is C18H30N2. The predicted octanol–water partition coefficient (Wildman–Crippen LogP) is 3.63. The van der Waals surface area contributed by atoms with Crippen molar-refractivity contribution in [2.24, 2.45) is 0 Å². The molecule has 0 unspecified atom stereocenters. The molecule has 0 aliphatic carbocycles. The second-order valence-corrected chi connectivity index (χ2v) is 5.65. The Labute approximate surface area is 124 Å². The molecule has 0 aliphatic heterocycles. The Morgan fingerprint density at radius 3 is 2.55 bits per heavy atom. The second-order valence-electron chi connectivity index (χ2n) is 5.65. The van der Waals surface area contributed by atoms with Gasteiger partial charge in [0.2, 0.25) is 0 Å². The Hall–Kier alpha value is -1.12. The molecule has 0 aliphatic rings. The van der Waals surface area contributed by atoms with Crippen molar-refractivity contribution < 1.29 is 0 Å². The molecule has 0 aromatic heterocycles. The Balaban J connectivity index is 2.65. The quantitative estimate of drug-likeness (QED) is 0.656. The molecule has 112 valence electrons. The van der Waals surface area contributed by atoms with Gasteiger partial charge in [-0.15, -0.1) is 6.58 Å². The van der Waals surface area contributed by atoms with Gasteiger partial charge >= 0.3 is 0 Å². The monoisotopic (exact) mass is 274 g/mol. The molecule has 0 atom stereocenters. The first-order chi connectivity index (χ1) is 9.67. The van der Waals surface area contributed by atoms with Gasteiger partial charge in [-0.3, -0.25) is 4.90 Å². The molecule has 1 aromatic carbocycles. The fraction of sp³-hybridized carbons (Fsp3) is 0.556. The van der Waals surface area contributed by atoms with Gasteiger partial charge in [0, 0.05) is 19.1 Å². The van der Waals surface area contributed by atoms with E-state index < -0.39 is 0 Å². The van der Waals surface area contributed by atoms with Crippen LogP contribution in [0, 0.1) is 0 Å². The lowest BCUT2D eigenvalue weighted by Crippen LogP contribution is -2.27. The summed E-state index contributed by atoms with van der Waals surface area (Å²) >= 11 is 0. The highest BCUT2D eigenvalue weighted by atomic mass is 15.1. The fourth-order valence-corrected chi connectivity index (χ4v) is 2.43. The summed E-state index contributed by atoms with van der Waals surface area (Å²) in [7, 11) is 0. The maximum absolute atomic E-state index is 3.86. The van der Waals surface area contributed by atoms with E-state index in [-0.39, 0.29) is 0 Å². The molecule has 1 rings (SSSR count). The molecule has 1 aromatic rings. The number of nitrogens with zero attached hydrogens (tertiary/aromatic N) is 1. The molecule has 1 N–H and O–H groups in total. The highest BCUT2D eigenvalue weighted by Gasteiger charge is 2.07. The molecule has 0 radical (unpaired) electrons. The maximum atomic E-state index is 3.86. The van der Waals surface area contributed by atoms with E-state index in [1.165, 1.54) is 17.5 Å². The number of hydrogen-bond acceptors (Lipinski definition) is 2. The summed E-state index contributed by atoms with van der Waals surface area (Å²) in [6.45, 7) is 14.6. The first-order valence-electron chi connectivity index (χ1n) is 7.80. The summed E-state index contributed by atoms with van der Waals surface area (Å²) in [5.41, 5.74) is 2.92. The van der Waals surface area contributed by atoms with Gasteiger partial charge in [0.05, 0.1) is 0 Å². The van der Waals surface area contributed by atoms with Crippen molar-refractivity contribution in [3.8, 4) is 0 Å². The summed E-state index contributed by atoms with van der Waals surface area (Å²) in [5, 5.41) is 3.50. The number of hydrogen-bond donors (Lipinski definition) is 1. The van der Waals surface area contributed by atoms with Crippen molar-refractivity contribution in [1.29, 1.82) is 0 Å². The number of benzene rings is 1. The molecule has 20 heavy (non-hydrogen) atoms. The minimum Gasteiger partial charge on any atom is -0.314 e. The highest BCUT2D eigenvalue weighted by molar-refractivity contribution is 5.27. The van der Waals surface area contributed by atoms with Crippen molar-refractivity contribution in [2.45, 2.75) is 46.2 Å². The van der Waals surface area contributed by atoms with Crippen molar-refractivity contribution in [2.75, 3.05) is 19.6 Å². The summed E-state index contributed by atoms with van der Waals surface area (Å²) in [5.74, 6) is 0. The average Bonchev–Trinajstić information content (AvgIpc) is 2.41. The first-order valence-corrected chi connectivity index (χ1v) is 7.80. The van der Waals surface area contributed by atoms with Crippen LogP contribution in [0.15, 0.2) is 36.9 Å². The van der Waals surface area contributed by atoms with Gasteiger partial charge in [0.15, 0.2) is 0 Å². The second kappa shape index (κ2) is 9.73. The average molecular weight is 274 g/mol. The van der Waals surface area contributed by atoms with E-state index >= 15 is 0 Å². The minimum absolute atomic E-state index is 0.555. The molecule has 2 heteroatoms. The summed E-state index contributed by atoms with van der Waals surface area (Å²) in [6, 6.07) is 9.37. The molecular weight excluding hydrogens is 244 g/mol. The van der Waals surface area contributed by atoms with Crippen LogP contribution in [0.1, 0.15) is 38.3 Å². The first kappa shape index (κ1) is 16.9. The zero-order valence-corrected chi connectivity index (χ0v) is 13.4. The van der Waals surface area contributed by atoms with Gasteiger partial charge in [0.25, 0.3) is 0 Å². The van der Waals surface area contributed by atoms with Crippen LogP contribution in [0.25, 0.3) is 0 Å². The molecule has 0 saturated carbocycles. The largest absolute Gasteiger partial charge is 0.314 e. The summed E-state index contributed by atoms with van der Waals surface area (Å²) in [4.78, 5) is 2.46. The zero-order valence-electron chi connectivity index (χ0n) is 13.4. The Kier molecular flexibility index (Phi) is 8.24. The third-order valence-corrected chi connectivity index (χ3v) is 3.39. The van der Waals surface area contributed by atoms with Gasteiger partial charge in [-0.2, -0.15) is 0 Å². The van der Waals surface area contributed by atoms with Crippen molar-refractivity contribution >= 4 is 0 Å². The Bertz CT molecular complexity index is 385. The highest BCUT2D eigenvalue weighted by Crippen LogP contribution is 2.13. The topological polar surface area (TPSA) is 15.3 Å². The van der Waals surface area contributed by atoms with E-state index in [1.54, 1.807) is 0 Å². The molecule has 0 heterocycles. The minimum atomic E-state index is 0.555. The molecule has 0 spiro atoms. The van der Waals surface area contributed by atoms with E-state index in [2.05, 4.69) is 61.8 Å². The Morgan fingerprint density at radius 2 is 1.95 bits per heavy atom. The molecule has 0 fully saturated rings. The fourth-order valence-electron chi connectivity index (χ4n) is 2.43. The van der Waals surface area contributed by atoms with E-state index in [9.17, 15) is 0 Å². The van der Waals surface area contributed by atoms with Gasteiger partial charge in [-0.05, 0) is 37.1 Å². The van der Waals surface area contributed by atoms with Gasteiger partial charge in [-0.1, -0.05) is 51.1 Å². The number of nitrogens with one attached hydrogen (secondary N) is 1. The van der Waals surface area contributed by atoms with Crippen LogP contribution < -0.4 is 5.32 Å². The smallest absolute Gasteiger partial charge is 0.0239 e. The van der Waals surface area contributed by atoms with E-state index in [4.69, 9.17) is 0 Å². The van der Waals surface area contributed by atoms with Crippen molar-refractivity contribution in [3.05, 3.63) is 48.0 Å².